The van der Waals surface area contributed by atoms with Gasteiger partial charge in [0.05, 0.1) is 0 Å². The molecule has 1 unspecified atom stereocenters. The van der Waals surface area contributed by atoms with E-state index in [0.717, 1.165) is 0 Å². The van der Waals surface area contributed by atoms with Gasteiger partial charge in [0.15, 0.2) is 10.1 Å². The second kappa shape index (κ2) is 5.55. The van der Waals surface area contributed by atoms with Crippen molar-refractivity contribution in [3.8, 4) is 0 Å². The van der Waals surface area contributed by atoms with E-state index >= 15 is 0 Å². The summed E-state index contributed by atoms with van der Waals surface area (Å²) in [7, 11) is -6.54. The zero-order valence-electron chi connectivity index (χ0n) is 10.9. The number of rotatable bonds is 6. The SMILES string of the molecule is CCC(C)(C)C(=O)CC(C(F)(F)F)C(F)(F)S(=O)(=O)[O-]. The van der Waals surface area contributed by atoms with Crippen LogP contribution in [0, 0.1) is 11.3 Å². The Morgan fingerprint density at radius 3 is 1.80 bits per heavy atom. The number of Topliss-reactive ketones (excluding diaryl/α,β-unsaturated/α-hetero) is 1. The fourth-order valence-electron chi connectivity index (χ4n) is 1.26. The summed E-state index contributed by atoms with van der Waals surface area (Å²) >= 11 is 0. The average Bonchev–Trinajstić information content (AvgIpc) is 2.21. The van der Waals surface area contributed by atoms with E-state index in [4.69, 9.17) is 0 Å². The quantitative estimate of drug-likeness (QED) is 0.556. The molecule has 1 atom stereocenters. The van der Waals surface area contributed by atoms with Crippen LogP contribution in [0.15, 0.2) is 0 Å². The lowest BCUT2D eigenvalue weighted by Crippen LogP contribution is -2.47. The molecule has 20 heavy (non-hydrogen) atoms. The average molecular weight is 325 g/mol. The van der Waals surface area contributed by atoms with Crippen molar-refractivity contribution in [2.24, 2.45) is 11.3 Å². The van der Waals surface area contributed by atoms with Crippen LogP contribution >= 0.6 is 0 Å². The fraction of sp³-hybridized carbons (Fsp3) is 0.900. The topological polar surface area (TPSA) is 74.3 Å². The van der Waals surface area contributed by atoms with Gasteiger partial charge in [0.1, 0.15) is 11.7 Å². The standard InChI is InChI=1S/C10H15F5O4S/c1-4-8(2,3)7(16)5-6(9(11,12)13)10(14,15)20(17,18)19/h6H,4-5H2,1-3H3,(H,17,18,19)/p-1. The van der Waals surface area contributed by atoms with Crippen molar-refractivity contribution in [2.45, 2.75) is 45.0 Å². The normalized spacial score (nSPS) is 16.1. The molecule has 0 rings (SSSR count). The Hall–Kier alpha value is -0.770. The monoisotopic (exact) mass is 325 g/mol. The van der Waals surface area contributed by atoms with Gasteiger partial charge in [0.25, 0.3) is 0 Å². The molecule has 0 aromatic rings. The molecule has 10 heteroatoms. The van der Waals surface area contributed by atoms with E-state index in [9.17, 15) is 39.7 Å². The van der Waals surface area contributed by atoms with Gasteiger partial charge in [-0.05, 0) is 6.42 Å². The van der Waals surface area contributed by atoms with Crippen LogP contribution in [0.5, 0.6) is 0 Å². The molecule has 0 aliphatic rings. The molecule has 0 saturated carbocycles. The summed E-state index contributed by atoms with van der Waals surface area (Å²) in [6, 6.07) is 0. The number of hydrogen-bond donors (Lipinski definition) is 0. The van der Waals surface area contributed by atoms with Crippen LogP contribution in [-0.4, -0.2) is 30.2 Å². The lowest BCUT2D eigenvalue weighted by molar-refractivity contribution is -0.221. The van der Waals surface area contributed by atoms with Crippen LogP contribution < -0.4 is 0 Å². The number of carbonyl (C=O) groups is 1. The lowest BCUT2D eigenvalue weighted by Gasteiger charge is -2.32. The highest BCUT2D eigenvalue weighted by atomic mass is 32.2. The van der Waals surface area contributed by atoms with Crippen LogP contribution in [0.4, 0.5) is 22.0 Å². The molecular formula is C10H14F5O4S-. The van der Waals surface area contributed by atoms with E-state index in [2.05, 4.69) is 0 Å². The Balaban J connectivity index is 5.62. The molecule has 0 aromatic carbocycles. The molecule has 0 bridgehead atoms. The van der Waals surface area contributed by atoms with Gasteiger partial charge in [-0.25, -0.2) is 8.42 Å². The van der Waals surface area contributed by atoms with Crippen LogP contribution in [0.2, 0.25) is 0 Å². The summed E-state index contributed by atoms with van der Waals surface area (Å²) in [6.07, 6.45) is -7.38. The first-order valence-corrected chi connectivity index (χ1v) is 6.91. The maximum Gasteiger partial charge on any atom is 0.399 e. The van der Waals surface area contributed by atoms with Crippen molar-refractivity contribution in [1.29, 1.82) is 0 Å². The molecule has 0 radical (unpaired) electrons. The highest BCUT2D eigenvalue weighted by Gasteiger charge is 2.60. The van der Waals surface area contributed by atoms with Gasteiger partial charge in [0.2, 0.25) is 0 Å². The van der Waals surface area contributed by atoms with E-state index in [-0.39, 0.29) is 6.42 Å². The fourth-order valence-corrected chi connectivity index (χ4v) is 1.82. The van der Waals surface area contributed by atoms with Gasteiger partial charge in [-0.3, -0.25) is 4.79 Å². The van der Waals surface area contributed by atoms with E-state index in [1.807, 2.05) is 0 Å². The van der Waals surface area contributed by atoms with Crippen molar-refractivity contribution in [1.82, 2.24) is 0 Å². The maximum absolute atomic E-state index is 13.2. The Morgan fingerprint density at radius 1 is 1.15 bits per heavy atom. The number of ketones is 1. The molecule has 0 aromatic heterocycles. The minimum atomic E-state index is -6.54. The summed E-state index contributed by atoms with van der Waals surface area (Å²) in [4.78, 5) is 11.6. The van der Waals surface area contributed by atoms with Crippen LogP contribution in [0.25, 0.3) is 0 Å². The highest BCUT2D eigenvalue weighted by Crippen LogP contribution is 2.44. The van der Waals surface area contributed by atoms with E-state index in [1.165, 1.54) is 20.8 Å². The van der Waals surface area contributed by atoms with Crippen LogP contribution in [-0.2, 0) is 14.9 Å². The molecule has 120 valence electrons. The number of halogens is 5. The molecule has 0 aliphatic heterocycles. The number of alkyl halides is 5. The second-order valence-electron chi connectivity index (χ2n) is 4.97. The van der Waals surface area contributed by atoms with E-state index in [1.54, 1.807) is 0 Å². The molecule has 0 amide bonds. The summed E-state index contributed by atoms with van der Waals surface area (Å²) in [5.41, 5.74) is -1.33. The molecule has 0 spiro atoms. The first kappa shape index (κ1) is 19.2. The third kappa shape index (κ3) is 4.11. The van der Waals surface area contributed by atoms with Crippen molar-refractivity contribution in [2.75, 3.05) is 0 Å². The molecule has 0 heterocycles. The van der Waals surface area contributed by atoms with E-state index < -0.39 is 45.1 Å². The third-order valence-corrected chi connectivity index (χ3v) is 4.11. The minimum absolute atomic E-state index is 0.0755. The summed E-state index contributed by atoms with van der Waals surface area (Å²) in [5, 5.41) is -5.59. The lowest BCUT2D eigenvalue weighted by atomic mass is 9.81. The van der Waals surface area contributed by atoms with Crippen molar-refractivity contribution in [3.63, 3.8) is 0 Å². The smallest absolute Gasteiger partial charge is 0.399 e. The summed E-state index contributed by atoms with van der Waals surface area (Å²) in [6.45, 7) is 3.95. The summed E-state index contributed by atoms with van der Waals surface area (Å²) < 4.78 is 95.0. The van der Waals surface area contributed by atoms with Crippen molar-refractivity contribution >= 4 is 15.9 Å². The predicted octanol–water partition coefficient (Wildman–Crippen LogP) is 2.70. The Bertz CT molecular complexity index is 467. The molecule has 0 N–H and O–H groups in total. The maximum atomic E-state index is 13.2. The van der Waals surface area contributed by atoms with Crippen LogP contribution in [0.3, 0.4) is 0 Å². The molecule has 4 nitrogen and oxygen atoms in total. The van der Waals surface area contributed by atoms with Gasteiger partial charge >= 0.3 is 11.4 Å². The number of carbonyl (C=O) groups excluding carboxylic acids is 1. The van der Waals surface area contributed by atoms with Crippen molar-refractivity contribution < 1.29 is 39.7 Å². The van der Waals surface area contributed by atoms with Crippen LogP contribution in [0.1, 0.15) is 33.6 Å². The zero-order chi connectivity index (χ0) is 16.6. The predicted molar refractivity (Wildman–Crippen MR) is 57.9 cm³/mol. The molecule has 0 aliphatic carbocycles. The molecule has 0 saturated heterocycles. The van der Waals surface area contributed by atoms with E-state index in [0.29, 0.717) is 0 Å². The first-order chi connectivity index (χ1) is 8.57. The van der Waals surface area contributed by atoms with Gasteiger partial charge < -0.3 is 4.55 Å². The Labute approximate surface area is 113 Å². The Kier molecular flexibility index (Phi) is 5.34. The Morgan fingerprint density at radius 2 is 1.55 bits per heavy atom. The van der Waals surface area contributed by atoms with Gasteiger partial charge in [0, 0.05) is 11.8 Å². The highest BCUT2D eigenvalue weighted by molar-refractivity contribution is 7.86. The van der Waals surface area contributed by atoms with Gasteiger partial charge in [-0.1, -0.05) is 20.8 Å². The third-order valence-electron chi connectivity index (χ3n) is 3.16. The zero-order valence-corrected chi connectivity index (χ0v) is 11.7. The summed E-state index contributed by atoms with van der Waals surface area (Å²) in [5.74, 6) is -5.04. The molecular weight excluding hydrogens is 311 g/mol. The molecule has 0 fully saturated rings. The number of hydrogen-bond acceptors (Lipinski definition) is 4. The van der Waals surface area contributed by atoms with Gasteiger partial charge in [-0.15, -0.1) is 0 Å². The van der Waals surface area contributed by atoms with Gasteiger partial charge in [-0.2, -0.15) is 22.0 Å². The largest absolute Gasteiger partial charge is 0.743 e. The van der Waals surface area contributed by atoms with Crippen molar-refractivity contribution in [3.05, 3.63) is 0 Å². The minimum Gasteiger partial charge on any atom is -0.743 e. The second-order valence-corrected chi connectivity index (χ2v) is 6.43. The first-order valence-electron chi connectivity index (χ1n) is 5.50.